The topological polar surface area (TPSA) is 73.2 Å². The zero-order chi connectivity index (χ0) is 12.0. The second-order valence-corrected chi connectivity index (χ2v) is 4.13. The number of aromatic nitrogens is 2. The molecule has 1 aromatic carbocycles. The molecule has 0 bridgehead atoms. The largest absolute Gasteiger partial charge is 0.454 e. The number of benzene rings is 1. The molecule has 0 aliphatic carbocycles. The van der Waals surface area contributed by atoms with E-state index in [4.69, 9.17) is 15.2 Å². The Morgan fingerprint density at radius 3 is 2.59 bits per heavy atom. The van der Waals surface area contributed by atoms with E-state index in [1.54, 1.807) is 0 Å². The standard InChI is InChI=1S/C12H13N3O2/c1-6-3-9-10(17-5-16-9)4-8(6)11-7(2)12(13)15-14-11/h3-4H,5H2,1-2H3,(H3,13,14,15). The highest BCUT2D eigenvalue weighted by Gasteiger charge is 2.18. The Morgan fingerprint density at radius 1 is 1.24 bits per heavy atom. The predicted octanol–water partition coefficient (Wildman–Crippen LogP) is 2.00. The van der Waals surface area contributed by atoms with Gasteiger partial charge in [0.25, 0.3) is 0 Å². The van der Waals surface area contributed by atoms with Gasteiger partial charge in [0, 0.05) is 11.1 Å². The molecule has 0 fully saturated rings. The van der Waals surface area contributed by atoms with E-state index >= 15 is 0 Å². The predicted molar refractivity (Wildman–Crippen MR) is 64.0 cm³/mol. The van der Waals surface area contributed by atoms with Crippen LogP contribution in [0.2, 0.25) is 0 Å². The monoisotopic (exact) mass is 231 g/mol. The molecule has 5 nitrogen and oxygen atoms in total. The summed E-state index contributed by atoms with van der Waals surface area (Å²) in [5.41, 5.74) is 9.76. The molecule has 3 rings (SSSR count). The molecule has 1 aromatic heterocycles. The number of H-pyrrole nitrogens is 1. The lowest BCUT2D eigenvalue weighted by molar-refractivity contribution is 0.174. The third-order valence-corrected chi connectivity index (χ3v) is 3.04. The van der Waals surface area contributed by atoms with E-state index in [1.807, 2.05) is 26.0 Å². The highest BCUT2D eigenvalue weighted by Crippen LogP contribution is 2.39. The number of anilines is 1. The molecule has 5 heteroatoms. The van der Waals surface area contributed by atoms with Gasteiger partial charge in [-0.25, -0.2) is 0 Å². The number of nitrogens with one attached hydrogen (secondary N) is 1. The average molecular weight is 231 g/mol. The number of fused-ring (bicyclic) bond motifs is 1. The Morgan fingerprint density at radius 2 is 1.94 bits per heavy atom. The molecule has 0 saturated heterocycles. The molecule has 0 saturated carbocycles. The van der Waals surface area contributed by atoms with Crippen molar-refractivity contribution in [3.05, 3.63) is 23.3 Å². The van der Waals surface area contributed by atoms with Crippen LogP contribution in [0.1, 0.15) is 11.1 Å². The smallest absolute Gasteiger partial charge is 0.231 e. The summed E-state index contributed by atoms with van der Waals surface area (Å²) in [6, 6.07) is 3.92. The van der Waals surface area contributed by atoms with E-state index in [0.717, 1.165) is 33.9 Å². The first-order chi connectivity index (χ1) is 8.16. The van der Waals surface area contributed by atoms with Crippen molar-refractivity contribution in [1.82, 2.24) is 10.2 Å². The lowest BCUT2D eigenvalue weighted by Crippen LogP contribution is -1.92. The molecule has 0 spiro atoms. The zero-order valence-electron chi connectivity index (χ0n) is 9.70. The molecule has 88 valence electrons. The van der Waals surface area contributed by atoms with Crippen molar-refractivity contribution < 1.29 is 9.47 Å². The van der Waals surface area contributed by atoms with Crippen LogP contribution < -0.4 is 15.2 Å². The Labute approximate surface area is 98.5 Å². The fourth-order valence-corrected chi connectivity index (χ4v) is 1.99. The van der Waals surface area contributed by atoms with Crippen molar-refractivity contribution >= 4 is 5.82 Å². The number of hydrogen-bond acceptors (Lipinski definition) is 4. The third-order valence-electron chi connectivity index (χ3n) is 3.04. The number of nitrogen functional groups attached to an aromatic ring is 1. The number of rotatable bonds is 1. The van der Waals surface area contributed by atoms with Crippen molar-refractivity contribution in [3.8, 4) is 22.8 Å². The SMILES string of the molecule is Cc1cc2c(cc1-c1[nH]nc(N)c1C)OCO2. The van der Waals surface area contributed by atoms with Crippen LogP contribution in [0.15, 0.2) is 12.1 Å². The quantitative estimate of drug-likeness (QED) is 0.787. The van der Waals surface area contributed by atoms with Crippen LogP contribution in [0.5, 0.6) is 11.5 Å². The van der Waals surface area contributed by atoms with E-state index in [2.05, 4.69) is 10.2 Å². The van der Waals surface area contributed by atoms with E-state index in [1.165, 1.54) is 0 Å². The van der Waals surface area contributed by atoms with Crippen LogP contribution in [0, 0.1) is 13.8 Å². The lowest BCUT2D eigenvalue weighted by atomic mass is 10.0. The molecule has 1 aliphatic rings. The van der Waals surface area contributed by atoms with Crippen molar-refractivity contribution in [2.45, 2.75) is 13.8 Å². The van der Waals surface area contributed by atoms with Gasteiger partial charge in [0.2, 0.25) is 6.79 Å². The normalized spacial score (nSPS) is 13.1. The van der Waals surface area contributed by atoms with E-state index in [0.29, 0.717) is 5.82 Å². The first kappa shape index (κ1) is 10.0. The molecule has 2 aromatic rings. The van der Waals surface area contributed by atoms with Crippen LogP contribution >= 0.6 is 0 Å². The number of aromatic amines is 1. The molecular formula is C12H13N3O2. The lowest BCUT2D eigenvalue weighted by Gasteiger charge is -2.06. The van der Waals surface area contributed by atoms with Crippen LogP contribution in [-0.2, 0) is 0 Å². The fourth-order valence-electron chi connectivity index (χ4n) is 1.99. The average Bonchev–Trinajstić information content (AvgIpc) is 2.86. The van der Waals surface area contributed by atoms with Gasteiger partial charge >= 0.3 is 0 Å². The van der Waals surface area contributed by atoms with E-state index in [-0.39, 0.29) is 6.79 Å². The van der Waals surface area contributed by atoms with Gasteiger partial charge in [-0.1, -0.05) is 0 Å². The van der Waals surface area contributed by atoms with E-state index < -0.39 is 0 Å². The molecule has 2 heterocycles. The summed E-state index contributed by atoms with van der Waals surface area (Å²) in [4.78, 5) is 0. The minimum atomic E-state index is 0.280. The van der Waals surface area contributed by atoms with Crippen molar-refractivity contribution in [3.63, 3.8) is 0 Å². The molecule has 0 unspecified atom stereocenters. The van der Waals surface area contributed by atoms with Gasteiger partial charge in [0.1, 0.15) is 5.82 Å². The highest BCUT2D eigenvalue weighted by atomic mass is 16.7. The Balaban J connectivity index is 2.18. The van der Waals surface area contributed by atoms with Gasteiger partial charge < -0.3 is 15.2 Å². The van der Waals surface area contributed by atoms with Gasteiger partial charge in [0.15, 0.2) is 11.5 Å². The minimum Gasteiger partial charge on any atom is -0.454 e. The third kappa shape index (κ3) is 1.43. The van der Waals surface area contributed by atoms with Gasteiger partial charge in [0.05, 0.1) is 5.69 Å². The fraction of sp³-hybridized carbons (Fsp3) is 0.250. The number of aryl methyl sites for hydroxylation is 1. The molecule has 0 radical (unpaired) electrons. The van der Waals surface area contributed by atoms with Crippen LogP contribution in [-0.4, -0.2) is 17.0 Å². The molecule has 1 aliphatic heterocycles. The van der Waals surface area contributed by atoms with Crippen LogP contribution in [0.3, 0.4) is 0 Å². The minimum absolute atomic E-state index is 0.280. The molecular weight excluding hydrogens is 218 g/mol. The Kier molecular flexibility index (Phi) is 2.01. The maximum absolute atomic E-state index is 5.74. The first-order valence-electron chi connectivity index (χ1n) is 5.38. The first-order valence-corrected chi connectivity index (χ1v) is 5.38. The Bertz CT molecular complexity index is 590. The van der Waals surface area contributed by atoms with Gasteiger partial charge in [-0.3, -0.25) is 5.10 Å². The van der Waals surface area contributed by atoms with Crippen LogP contribution in [0.25, 0.3) is 11.3 Å². The maximum Gasteiger partial charge on any atom is 0.231 e. The maximum atomic E-state index is 5.74. The zero-order valence-corrected chi connectivity index (χ0v) is 9.70. The number of nitrogens with zero attached hydrogens (tertiary/aromatic N) is 1. The van der Waals surface area contributed by atoms with E-state index in [9.17, 15) is 0 Å². The van der Waals surface area contributed by atoms with Gasteiger partial charge in [-0.05, 0) is 31.5 Å². The summed E-state index contributed by atoms with van der Waals surface area (Å²) < 4.78 is 10.7. The number of nitrogens with two attached hydrogens (primary N) is 1. The molecule has 0 amide bonds. The second kappa shape index (κ2) is 3.41. The van der Waals surface area contributed by atoms with Gasteiger partial charge in [-0.15, -0.1) is 0 Å². The highest BCUT2D eigenvalue weighted by molar-refractivity contribution is 5.73. The summed E-state index contributed by atoms with van der Waals surface area (Å²) in [6.07, 6.45) is 0. The van der Waals surface area contributed by atoms with Crippen molar-refractivity contribution in [2.24, 2.45) is 0 Å². The molecule has 3 N–H and O–H groups in total. The number of ether oxygens (including phenoxy) is 2. The van der Waals surface area contributed by atoms with Crippen molar-refractivity contribution in [2.75, 3.05) is 12.5 Å². The molecule has 17 heavy (non-hydrogen) atoms. The summed E-state index contributed by atoms with van der Waals surface area (Å²) in [7, 11) is 0. The van der Waals surface area contributed by atoms with Crippen LogP contribution in [0.4, 0.5) is 5.82 Å². The summed E-state index contributed by atoms with van der Waals surface area (Å²) in [5.74, 6) is 2.08. The summed E-state index contributed by atoms with van der Waals surface area (Å²) >= 11 is 0. The van der Waals surface area contributed by atoms with Crippen molar-refractivity contribution in [1.29, 1.82) is 0 Å². The van der Waals surface area contributed by atoms with Gasteiger partial charge in [-0.2, -0.15) is 5.10 Å². The summed E-state index contributed by atoms with van der Waals surface area (Å²) in [6.45, 7) is 4.24. The Hall–Kier alpha value is -2.17. The molecule has 0 atom stereocenters. The summed E-state index contributed by atoms with van der Waals surface area (Å²) in [5, 5.41) is 6.96. The second-order valence-electron chi connectivity index (χ2n) is 4.13. The number of hydrogen-bond donors (Lipinski definition) is 2.